The number of aliphatic hydroxyl groups excluding tert-OH is 1. The van der Waals surface area contributed by atoms with Crippen LogP contribution in [0.25, 0.3) is 0 Å². The number of benzene rings is 1. The first-order valence-electron chi connectivity index (χ1n) is 6.78. The summed E-state index contributed by atoms with van der Waals surface area (Å²) in [6, 6.07) is 5.62. The molecule has 0 aliphatic rings. The van der Waals surface area contributed by atoms with Gasteiger partial charge in [0.2, 0.25) is 0 Å². The van der Waals surface area contributed by atoms with Gasteiger partial charge in [-0.2, -0.15) is 0 Å². The molecule has 0 bridgehead atoms. The van der Waals surface area contributed by atoms with Gasteiger partial charge < -0.3 is 15.7 Å². The lowest BCUT2D eigenvalue weighted by Crippen LogP contribution is -2.27. The van der Waals surface area contributed by atoms with Gasteiger partial charge in [-0.3, -0.25) is 4.79 Å². The minimum atomic E-state index is -0.0290. The summed E-state index contributed by atoms with van der Waals surface area (Å²) in [6.45, 7) is 7.71. The second kappa shape index (κ2) is 7.79. The summed E-state index contributed by atoms with van der Waals surface area (Å²) in [5, 5.41) is 14.9. The van der Waals surface area contributed by atoms with E-state index in [1.807, 2.05) is 25.1 Å². The van der Waals surface area contributed by atoms with Crippen LogP contribution in [0.15, 0.2) is 18.2 Å². The van der Waals surface area contributed by atoms with Gasteiger partial charge in [0.15, 0.2) is 0 Å². The molecular weight excluding hydrogens is 240 g/mol. The van der Waals surface area contributed by atoms with Crippen LogP contribution in [0, 0.1) is 12.8 Å². The average molecular weight is 264 g/mol. The van der Waals surface area contributed by atoms with Crippen LogP contribution in [-0.2, 0) is 0 Å². The van der Waals surface area contributed by atoms with Crippen LogP contribution < -0.4 is 10.6 Å². The molecule has 4 heteroatoms. The van der Waals surface area contributed by atoms with Crippen LogP contribution in [0.5, 0.6) is 0 Å². The third-order valence-electron chi connectivity index (χ3n) is 2.81. The SMILES string of the molecule is Cc1cc(C(=O)NCC(C)C)ccc1NCCCO. The van der Waals surface area contributed by atoms with Crippen molar-refractivity contribution < 1.29 is 9.90 Å². The number of amides is 1. The number of carbonyl (C=O) groups is 1. The molecule has 0 saturated heterocycles. The highest BCUT2D eigenvalue weighted by Crippen LogP contribution is 2.16. The summed E-state index contributed by atoms with van der Waals surface area (Å²) in [4.78, 5) is 11.9. The monoisotopic (exact) mass is 264 g/mol. The van der Waals surface area contributed by atoms with Crippen LogP contribution in [0.1, 0.15) is 36.2 Å². The Morgan fingerprint density at radius 3 is 2.68 bits per heavy atom. The maximum absolute atomic E-state index is 11.9. The average Bonchev–Trinajstić information content (AvgIpc) is 2.38. The highest BCUT2D eigenvalue weighted by molar-refractivity contribution is 5.94. The Labute approximate surface area is 115 Å². The van der Waals surface area contributed by atoms with Gasteiger partial charge in [-0.15, -0.1) is 0 Å². The first-order valence-corrected chi connectivity index (χ1v) is 6.78. The van der Waals surface area contributed by atoms with Crippen molar-refractivity contribution in [3.8, 4) is 0 Å². The molecule has 0 aliphatic heterocycles. The predicted molar refractivity (Wildman–Crippen MR) is 78.5 cm³/mol. The Bertz CT molecular complexity index is 417. The Morgan fingerprint density at radius 2 is 2.11 bits per heavy atom. The summed E-state index contributed by atoms with van der Waals surface area (Å²) < 4.78 is 0. The summed E-state index contributed by atoms with van der Waals surface area (Å²) in [5.41, 5.74) is 2.73. The Kier molecular flexibility index (Phi) is 6.36. The lowest BCUT2D eigenvalue weighted by Gasteiger charge is -2.12. The molecule has 0 unspecified atom stereocenters. The summed E-state index contributed by atoms with van der Waals surface area (Å²) in [5.74, 6) is 0.420. The Hall–Kier alpha value is -1.55. The van der Waals surface area contributed by atoms with Crippen molar-refractivity contribution in [2.75, 3.05) is 25.0 Å². The third kappa shape index (κ3) is 5.30. The number of anilines is 1. The molecule has 4 nitrogen and oxygen atoms in total. The molecule has 0 saturated carbocycles. The molecule has 0 heterocycles. The van der Waals surface area contributed by atoms with Crippen molar-refractivity contribution in [1.82, 2.24) is 5.32 Å². The number of aryl methyl sites for hydroxylation is 1. The molecule has 0 radical (unpaired) electrons. The van der Waals surface area contributed by atoms with Crippen LogP contribution in [0.4, 0.5) is 5.69 Å². The van der Waals surface area contributed by atoms with Crippen LogP contribution in [-0.4, -0.2) is 30.7 Å². The van der Waals surface area contributed by atoms with Crippen molar-refractivity contribution in [1.29, 1.82) is 0 Å². The van der Waals surface area contributed by atoms with Gasteiger partial charge in [-0.25, -0.2) is 0 Å². The van der Waals surface area contributed by atoms with Crippen molar-refractivity contribution in [3.63, 3.8) is 0 Å². The van der Waals surface area contributed by atoms with E-state index in [1.54, 1.807) is 0 Å². The predicted octanol–water partition coefficient (Wildman–Crippen LogP) is 2.18. The second-order valence-corrected chi connectivity index (χ2v) is 5.14. The van der Waals surface area contributed by atoms with Crippen molar-refractivity contribution in [2.24, 2.45) is 5.92 Å². The summed E-state index contributed by atoms with van der Waals surface area (Å²) in [7, 11) is 0. The van der Waals surface area contributed by atoms with Crippen LogP contribution in [0.3, 0.4) is 0 Å². The number of hydrogen-bond acceptors (Lipinski definition) is 3. The number of nitrogens with one attached hydrogen (secondary N) is 2. The number of carbonyl (C=O) groups excluding carboxylic acids is 1. The van der Waals surface area contributed by atoms with Crippen LogP contribution in [0.2, 0.25) is 0 Å². The molecule has 0 aromatic heterocycles. The molecule has 1 aromatic carbocycles. The first-order chi connectivity index (χ1) is 9.04. The normalized spacial score (nSPS) is 10.6. The maximum Gasteiger partial charge on any atom is 0.251 e. The molecule has 106 valence electrons. The van der Waals surface area contributed by atoms with E-state index in [0.717, 1.165) is 24.2 Å². The molecule has 19 heavy (non-hydrogen) atoms. The maximum atomic E-state index is 11.9. The standard InChI is InChI=1S/C15H24N2O2/c1-11(2)10-17-15(19)13-5-6-14(12(3)9-13)16-7-4-8-18/h5-6,9,11,16,18H,4,7-8,10H2,1-3H3,(H,17,19). The molecule has 1 aromatic rings. The zero-order valence-electron chi connectivity index (χ0n) is 12.0. The number of aliphatic hydroxyl groups is 1. The molecule has 0 spiro atoms. The molecule has 1 amide bonds. The van der Waals surface area contributed by atoms with Crippen molar-refractivity contribution in [2.45, 2.75) is 27.2 Å². The van der Waals surface area contributed by atoms with Gasteiger partial charge in [-0.05, 0) is 43.0 Å². The second-order valence-electron chi connectivity index (χ2n) is 5.14. The number of rotatable bonds is 7. The van der Waals surface area contributed by atoms with E-state index in [2.05, 4.69) is 24.5 Å². The lowest BCUT2D eigenvalue weighted by atomic mass is 10.1. The van der Waals surface area contributed by atoms with Gasteiger partial charge in [0.05, 0.1) is 0 Å². The third-order valence-corrected chi connectivity index (χ3v) is 2.81. The van der Waals surface area contributed by atoms with Gasteiger partial charge in [0.1, 0.15) is 0 Å². The van der Waals surface area contributed by atoms with Gasteiger partial charge in [-0.1, -0.05) is 13.8 Å². The minimum absolute atomic E-state index is 0.0290. The quantitative estimate of drug-likeness (QED) is 0.661. The molecule has 0 aliphatic carbocycles. The molecule has 3 N–H and O–H groups in total. The van der Waals surface area contributed by atoms with Crippen molar-refractivity contribution in [3.05, 3.63) is 29.3 Å². The largest absolute Gasteiger partial charge is 0.396 e. The van der Waals surface area contributed by atoms with Gasteiger partial charge in [0.25, 0.3) is 5.91 Å². The zero-order valence-corrected chi connectivity index (χ0v) is 12.0. The Balaban J connectivity index is 2.62. The van der Waals surface area contributed by atoms with Gasteiger partial charge in [0, 0.05) is 30.9 Å². The van der Waals surface area contributed by atoms with Crippen LogP contribution >= 0.6 is 0 Å². The fraction of sp³-hybridized carbons (Fsp3) is 0.533. The minimum Gasteiger partial charge on any atom is -0.396 e. The first kappa shape index (κ1) is 15.5. The fourth-order valence-electron chi connectivity index (χ4n) is 1.70. The van der Waals surface area contributed by atoms with E-state index in [9.17, 15) is 4.79 Å². The van der Waals surface area contributed by atoms with E-state index < -0.39 is 0 Å². The van der Waals surface area contributed by atoms with Crippen molar-refractivity contribution >= 4 is 11.6 Å². The highest BCUT2D eigenvalue weighted by Gasteiger charge is 2.07. The summed E-state index contributed by atoms with van der Waals surface area (Å²) >= 11 is 0. The molecule has 1 rings (SSSR count). The van der Waals surface area contributed by atoms with E-state index in [0.29, 0.717) is 18.0 Å². The molecule has 0 fully saturated rings. The Morgan fingerprint density at radius 1 is 1.37 bits per heavy atom. The zero-order chi connectivity index (χ0) is 14.3. The molecular formula is C15H24N2O2. The molecule has 0 atom stereocenters. The highest BCUT2D eigenvalue weighted by atomic mass is 16.3. The number of hydrogen-bond donors (Lipinski definition) is 3. The fourth-order valence-corrected chi connectivity index (χ4v) is 1.70. The topological polar surface area (TPSA) is 61.4 Å². The van der Waals surface area contributed by atoms with E-state index >= 15 is 0 Å². The van der Waals surface area contributed by atoms with Gasteiger partial charge >= 0.3 is 0 Å². The van der Waals surface area contributed by atoms with E-state index in [1.165, 1.54) is 0 Å². The lowest BCUT2D eigenvalue weighted by molar-refractivity contribution is 0.0949. The van der Waals surface area contributed by atoms with E-state index in [-0.39, 0.29) is 12.5 Å². The smallest absolute Gasteiger partial charge is 0.251 e. The van der Waals surface area contributed by atoms with E-state index in [4.69, 9.17) is 5.11 Å². The summed E-state index contributed by atoms with van der Waals surface area (Å²) in [6.07, 6.45) is 0.718.